The molecular weight excluding hydrogens is 326 g/mol. The van der Waals surface area contributed by atoms with Crippen molar-refractivity contribution in [2.24, 2.45) is 5.92 Å². The van der Waals surface area contributed by atoms with Gasteiger partial charge in [0.05, 0.1) is 11.1 Å². The molecule has 1 aromatic heterocycles. The van der Waals surface area contributed by atoms with E-state index in [0.717, 1.165) is 40.7 Å². The van der Waals surface area contributed by atoms with Crippen molar-refractivity contribution < 1.29 is 9.59 Å². The van der Waals surface area contributed by atoms with E-state index in [0.29, 0.717) is 11.3 Å². The molecule has 1 heterocycles. The number of H-pyrrole nitrogens is 1. The van der Waals surface area contributed by atoms with Crippen molar-refractivity contribution in [1.29, 1.82) is 0 Å². The number of anilines is 2. The Labute approximate surface area is 151 Å². The van der Waals surface area contributed by atoms with Crippen LogP contribution in [-0.2, 0) is 4.79 Å². The molecule has 3 N–H and O–H groups in total. The van der Waals surface area contributed by atoms with Crippen molar-refractivity contribution in [1.82, 2.24) is 4.98 Å². The molecule has 3 aromatic rings. The number of benzene rings is 2. The number of carbonyl (C=O) groups excluding carboxylic acids is 2. The SMILES string of the molecule is Cc1[nH]c2c(C(=O)Nc3ccc(NC(=O)C4CC4)cc3)cccc2c1C. The molecule has 0 unspecified atom stereocenters. The Kier molecular flexibility index (Phi) is 3.99. The van der Waals surface area contributed by atoms with E-state index in [2.05, 4.69) is 15.6 Å². The average molecular weight is 347 g/mol. The van der Waals surface area contributed by atoms with Gasteiger partial charge in [0.15, 0.2) is 0 Å². The summed E-state index contributed by atoms with van der Waals surface area (Å²) >= 11 is 0. The van der Waals surface area contributed by atoms with E-state index in [-0.39, 0.29) is 17.7 Å². The van der Waals surface area contributed by atoms with Gasteiger partial charge < -0.3 is 15.6 Å². The van der Waals surface area contributed by atoms with E-state index in [1.165, 1.54) is 0 Å². The molecule has 4 rings (SSSR count). The number of para-hydroxylation sites is 1. The molecule has 5 nitrogen and oxygen atoms in total. The molecule has 1 aliphatic rings. The number of hydrogen-bond acceptors (Lipinski definition) is 2. The van der Waals surface area contributed by atoms with Gasteiger partial charge in [-0.2, -0.15) is 0 Å². The maximum atomic E-state index is 12.7. The van der Waals surface area contributed by atoms with Crippen LogP contribution < -0.4 is 10.6 Å². The predicted molar refractivity (Wildman–Crippen MR) is 104 cm³/mol. The van der Waals surface area contributed by atoms with Gasteiger partial charge in [0.25, 0.3) is 5.91 Å². The van der Waals surface area contributed by atoms with Crippen LogP contribution in [0.1, 0.15) is 34.5 Å². The molecule has 0 bridgehead atoms. The summed E-state index contributed by atoms with van der Waals surface area (Å²) in [5.41, 5.74) is 5.13. The van der Waals surface area contributed by atoms with Gasteiger partial charge in [-0.3, -0.25) is 9.59 Å². The Morgan fingerprint density at radius 3 is 2.27 bits per heavy atom. The summed E-state index contributed by atoms with van der Waals surface area (Å²) in [7, 11) is 0. The van der Waals surface area contributed by atoms with Crippen LogP contribution in [0.15, 0.2) is 42.5 Å². The Hall–Kier alpha value is -3.08. The summed E-state index contributed by atoms with van der Waals surface area (Å²) in [6, 6.07) is 12.9. The van der Waals surface area contributed by atoms with Gasteiger partial charge in [0.2, 0.25) is 5.91 Å². The molecule has 26 heavy (non-hydrogen) atoms. The summed E-state index contributed by atoms with van der Waals surface area (Å²) in [6.07, 6.45) is 1.95. The van der Waals surface area contributed by atoms with Gasteiger partial charge in [-0.25, -0.2) is 0 Å². The number of amides is 2. The Morgan fingerprint density at radius 1 is 0.962 bits per heavy atom. The van der Waals surface area contributed by atoms with E-state index in [1.54, 1.807) is 24.3 Å². The van der Waals surface area contributed by atoms with Crippen molar-refractivity contribution in [3.63, 3.8) is 0 Å². The predicted octanol–water partition coefficient (Wildman–Crippen LogP) is 4.39. The first-order chi connectivity index (χ1) is 12.5. The van der Waals surface area contributed by atoms with Crippen molar-refractivity contribution in [2.45, 2.75) is 26.7 Å². The van der Waals surface area contributed by atoms with Gasteiger partial charge in [-0.15, -0.1) is 0 Å². The number of carbonyl (C=O) groups is 2. The zero-order valence-corrected chi connectivity index (χ0v) is 14.8. The summed E-state index contributed by atoms with van der Waals surface area (Å²) < 4.78 is 0. The Morgan fingerprint density at radius 2 is 1.62 bits per heavy atom. The van der Waals surface area contributed by atoms with Crippen LogP contribution >= 0.6 is 0 Å². The highest BCUT2D eigenvalue weighted by Crippen LogP contribution is 2.30. The quantitative estimate of drug-likeness (QED) is 0.655. The number of aryl methyl sites for hydroxylation is 2. The molecule has 0 aliphatic heterocycles. The highest BCUT2D eigenvalue weighted by Gasteiger charge is 2.29. The molecule has 0 atom stereocenters. The molecule has 1 aliphatic carbocycles. The third kappa shape index (κ3) is 3.08. The number of fused-ring (bicyclic) bond motifs is 1. The average Bonchev–Trinajstić information content (AvgIpc) is 3.44. The topological polar surface area (TPSA) is 74.0 Å². The largest absolute Gasteiger partial charge is 0.358 e. The standard InChI is InChI=1S/C21H21N3O2/c1-12-13(2)22-19-17(12)4-3-5-18(19)21(26)24-16-10-8-15(9-11-16)23-20(25)14-6-7-14/h3-5,8-11,14,22H,6-7H2,1-2H3,(H,23,25)(H,24,26). The van der Waals surface area contributed by atoms with Crippen molar-refractivity contribution in [3.05, 3.63) is 59.3 Å². The van der Waals surface area contributed by atoms with Crippen LogP contribution in [0, 0.1) is 19.8 Å². The zero-order chi connectivity index (χ0) is 18.3. The van der Waals surface area contributed by atoms with Crippen molar-refractivity contribution in [2.75, 3.05) is 10.6 Å². The molecular formula is C21H21N3O2. The fraction of sp³-hybridized carbons (Fsp3) is 0.238. The fourth-order valence-corrected chi connectivity index (χ4v) is 3.10. The fourth-order valence-electron chi connectivity index (χ4n) is 3.10. The molecule has 0 radical (unpaired) electrons. The third-order valence-corrected chi connectivity index (χ3v) is 4.95. The molecule has 0 spiro atoms. The van der Waals surface area contributed by atoms with Crippen LogP contribution in [0.25, 0.3) is 10.9 Å². The van der Waals surface area contributed by atoms with Crippen LogP contribution in [0.3, 0.4) is 0 Å². The van der Waals surface area contributed by atoms with Gasteiger partial charge >= 0.3 is 0 Å². The van der Waals surface area contributed by atoms with Crippen LogP contribution in [0.4, 0.5) is 11.4 Å². The second kappa shape index (κ2) is 6.33. The Bertz CT molecular complexity index is 998. The van der Waals surface area contributed by atoms with Gasteiger partial charge in [-0.05, 0) is 62.6 Å². The lowest BCUT2D eigenvalue weighted by atomic mass is 10.1. The van der Waals surface area contributed by atoms with Crippen LogP contribution in [0.5, 0.6) is 0 Å². The second-order valence-corrected chi connectivity index (χ2v) is 6.90. The minimum absolute atomic E-state index is 0.0750. The summed E-state index contributed by atoms with van der Waals surface area (Å²) in [5, 5.41) is 6.88. The zero-order valence-electron chi connectivity index (χ0n) is 14.8. The minimum Gasteiger partial charge on any atom is -0.358 e. The van der Waals surface area contributed by atoms with E-state index < -0.39 is 0 Å². The number of aromatic nitrogens is 1. The first-order valence-corrected chi connectivity index (χ1v) is 8.83. The highest BCUT2D eigenvalue weighted by molar-refractivity contribution is 6.12. The number of hydrogen-bond donors (Lipinski definition) is 3. The van der Waals surface area contributed by atoms with E-state index >= 15 is 0 Å². The van der Waals surface area contributed by atoms with E-state index in [1.807, 2.05) is 32.0 Å². The lowest BCUT2D eigenvalue weighted by Gasteiger charge is -2.08. The number of nitrogens with one attached hydrogen (secondary N) is 3. The maximum Gasteiger partial charge on any atom is 0.257 e. The van der Waals surface area contributed by atoms with Crippen molar-refractivity contribution in [3.8, 4) is 0 Å². The molecule has 1 saturated carbocycles. The molecule has 132 valence electrons. The number of aromatic amines is 1. The lowest BCUT2D eigenvalue weighted by Crippen LogP contribution is -2.14. The molecule has 1 fully saturated rings. The summed E-state index contributed by atoms with van der Waals surface area (Å²) in [4.78, 5) is 27.8. The first kappa shape index (κ1) is 16.4. The van der Waals surface area contributed by atoms with E-state index in [9.17, 15) is 9.59 Å². The molecule has 0 saturated heterocycles. The van der Waals surface area contributed by atoms with Crippen LogP contribution in [0.2, 0.25) is 0 Å². The lowest BCUT2D eigenvalue weighted by molar-refractivity contribution is -0.117. The molecule has 5 heteroatoms. The third-order valence-electron chi connectivity index (χ3n) is 4.95. The normalized spacial score (nSPS) is 13.6. The second-order valence-electron chi connectivity index (χ2n) is 6.90. The monoisotopic (exact) mass is 347 g/mol. The smallest absolute Gasteiger partial charge is 0.257 e. The minimum atomic E-state index is -0.161. The summed E-state index contributed by atoms with van der Waals surface area (Å²) in [6.45, 7) is 4.05. The van der Waals surface area contributed by atoms with Crippen molar-refractivity contribution >= 4 is 34.1 Å². The van der Waals surface area contributed by atoms with Crippen LogP contribution in [-0.4, -0.2) is 16.8 Å². The number of rotatable bonds is 4. The first-order valence-electron chi connectivity index (χ1n) is 8.83. The maximum absolute atomic E-state index is 12.7. The van der Waals surface area contributed by atoms with E-state index in [4.69, 9.17) is 0 Å². The molecule has 2 amide bonds. The van der Waals surface area contributed by atoms with Gasteiger partial charge in [0, 0.05) is 28.4 Å². The molecule has 2 aromatic carbocycles. The summed E-state index contributed by atoms with van der Waals surface area (Å²) in [5.74, 6) is 0.0835. The van der Waals surface area contributed by atoms with Gasteiger partial charge in [0.1, 0.15) is 0 Å². The highest BCUT2D eigenvalue weighted by atomic mass is 16.2. The van der Waals surface area contributed by atoms with Gasteiger partial charge in [-0.1, -0.05) is 12.1 Å². The Balaban J connectivity index is 1.51.